The molecule has 0 rings (SSSR count). The number of ether oxygens (including phenoxy) is 5. The van der Waals surface area contributed by atoms with E-state index < -0.39 is 0 Å². The highest BCUT2D eigenvalue weighted by atomic mass is 16.6. The van der Waals surface area contributed by atoms with Crippen molar-refractivity contribution in [1.29, 1.82) is 0 Å². The first-order valence-corrected chi connectivity index (χ1v) is 14.3. The van der Waals surface area contributed by atoms with Crippen LogP contribution >= 0.6 is 0 Å². The van der Waals surface area contributed by atoms with E-state index in [9.17, 15) is 0 Å². The highest BCUT2D eigenvalue weighted by Gasteiger charge is 2.09. The SMILES string of the molecule is CCCCCCCCCC(CCCCCCC)COCCOCCOCCOCCOCCO. The van der Waals surface area contributed by atoms with Gasteiger partial charge in [0.05, 0.1) is 66.1 Å². The molecule has 0 radical (unpaired) electrons. The first-order chi connectivity index (χ1) is 16.8. The molecule has 0 saturated carbocycles. The fourth-order valence-electron chi connectivity index (χ4n) is 3.93. The highest BCUT2D eigenvalue weighted by Crippen LogP contribution is 2.19. The molecular weight excluding hydrogens is 432 g/mol. The lowest BCUT2D eigenvalue weighted by atomic mass is 9.95. The summed E-state index contributed by atoms with van der Waals surface area (Å²) in [4.78, 5) is 0. The van der Waals surface area contributed by atoms with Gasteiger partial charge in [-0.15, -0.1) is 0 Å². The van der Waals surface area contributed by atoms with Gasteiger partial charge in [-0.3, -0.25) is 0 Å². The van der Waals surface area contributed by atoms with Gasteiger partial charge in [0.1, 0.15) is 0 Å². The summed E-state index contributed by atoms with van der Waals surface area (Å²) >= 11 is 0. The molecule has 0 fully saturated rings. The van der Waals surface area contributed by atoms with Crippen LogP contribution < -0.4 is 0 Å². The topological polar surface area (TPSA) is 66.4 Å². The number of rotatable bonds is 30. The Bertz CT molecular complexity index is 356. The van der Waals surface area contributed by atoms with Gasteiger partial charge in [0.15, 0.2) is 0 Å². The standard InChI is InChI=1S/C28H58O6/c1-3-5-7-9-10-12-14-16-28(15-13-11-8-6-4-2)27-34-26-25-33-24-23-32-22-21-31-20-19-30-18-17-29/h28-29H,3-27H2,1-2H3. The summed E-state index contributed by atoms with van der Waals surface area (Å²) < 4.78 is 27.6. The summed E-state index contributed by atoms with van der Waals surface area (Å²) in [6, 6.07) is 0. The van der Waals surface area contributed by atoms with Crippen molar-refractivity contribution < 1.29 is 28.8 Å². The molecule has 0 saturated heterocycles. The van der Waals surface area contributed by atoms with E-state index in [1.165, 1.54) is 89.9 Å². The Labute approximate surface area is 211 Å². The lowest BCUT2D eigenvalue weighted by Gasteiger charge is -2.17. The summed E-state index contributed by atoms with van der Waals surface area (Å²) in [6.45, 7) is 10.4. The van der Waals surface area contributed by atoms with Crippen LogP contribution in [-0.4, -0.2) is 77.8 Å². The van der Waals surface area contributed by atoms with Crippen molar-refractivity contribution in [3.05, 3.63) is 0 Å². The fourth-order valence-corrected chi connectivity index (χ4v) is 3.93. The third-order valence-corrected chi connectivity index (χ3v) is 6.01. The number of hydrogen-bond acceptors (Lipinski definition) is 6. The molecule has 0 aliphatic heterocycles. The van der Waals surface area contributed by atoms with Gasteiger partial charge in [-0.05, 0) is 18.8 Å². The molecule has 0 aromatic carbocycles. The quantitative estimate of drug-likeness (QED) is 0.121. The van der Waals surface area contributed by atoms with Gasteiger partial charge < -0.3 is 28.8 Å². The van der Waals surface area contributed by atoms with Crippen molar-refractivity contribution in [2.45, 2.75) is 104 Å². The summed E-state index contributed by atoms with van der Waals surface area (Å²) in [5.74, 6) is 0.703. The fraction of sp³-hybridized carbons (Fsp3) is 1.00. The highest BCUT2D eigenvalue weighted by molar-refractivity contribution is 4.60. The number of unbranched alkanes of at least 4 members (excludes halogenated alkanes) is 10. The zero-order valence-electron chi connectivity index (χ0n) is 22.7. The average Bonchev–Trinajstić information content (AvgIpc) is 2.85. The minimum Gasteiger partial charge on any atom is -0.394 e. The van der Waals surface area contributed by atoms with E-state index in [4.69, 9.17) is 28.8 Å². The Morgan fingerprint density at radius 3 is 1.21 bits per heavy atom. The Balaban J connectivity index is 3.63. The molecule has 1 atom stereocenters. The van der Waals surface area contributed by atoms with Crippen molar-refractivity contribution >= 4 is 0 Å². The second-order valence-corrected chi connectivity index (χ2v) is 9.23. The molecule has 0 aromatic rings. The summed E-state index contributed by atoms with van der Waals surface area (Å²) in [5.41, 5.74) is 0. The molecule has 1 N–H and O–H groups in total. The van der Waals surface area contributed by atoms with Crippen LogP contribution in [0.25, 0.3) is 0 Å². The zero-order chi connectivity index (χ0) is 24.8. The Morgan fingerprint density at radius 2 is 0.794 bits per heavy atom. The molecule has 0 bridgehead atoms. The monoisotopic (exact) mass is 490 g/mol. The van der Waals surface area contributed by atoms with Crippen LogP contribution in [0, 0.1) is 5.92 Å². The van der Waals surface area contributed by atoms with Crippen molar-refractivity contribution in [2.24, 2.45) is 5.92 Å². The molecule has 0 aliphatic rings. The average molecular weight is 491 g/mol. The zero-order valence-corrected chi connectivity index (χ0v) is 22.7. The van der Waals surface area contributed by atoms with Gasteiger partial charge in [-0.25, -0.2) is 0 Å². The summed E-state index contributed by atoms with van der Waals surface area (Å²) in [5, 5.41) is 8.60. The molecule has 0 aromatic heterocycles. The van der Waals surface area contributed by atoms with E-state index in [-0.39, 0.29) is 6.61 Å². The predicted octanol–water partition coefficient (Wildman–Crippen LogP) is 6.18. The number of aliphatic hydroxyl groups is 1. The molecule has 1 unspecified atom stereocenters. The third kappa shape index (κ3) is 28.0. The van der Waals surface area contributed by atoms with Gasteiger partial charge >= 0.3 is 0 Å². The minimum atomic E-state index is 0.0487. The lowest BCUT2D eigenvalue weighted by molar-refractivity contribution is -0.0159. The van der Waals surface area contributed by atoms with Gasteiger partial charge in [0, 0.05) is 6.61 Å². The van der Waals surface area contributed by atoms with Gasteiger partial charge in [-0.1, -0.05) is 90.9 Å². The second-order valence-electron chi connectivity index (χ2n) is 9.23. The molecule has 0 amide bonds. The van der Waals surface area contributed by atoms with Crippen LogP contribution in [0.3, 0.4) is 0 Å². The van der Waals surface area contributed by atoms with Gasteiger partial charge in [0.25, 0.3) is 0 Å². The Kier molecular flexibility index (Phi) is 30.6. The van der Waals surface area contributed by atoms with Crippen LogP contribution in [0.4, 0.5) is 0 Å². The Hall–Kier alpha value is -0.240. The van der Waals surface area contributed by atoms with E-state index in [1.807, 2.05) is 0 Å². The van der Waals surface area contributed by atoms with E-state index in [1.54, 1.807) is 0 Å². The maximum atomic E-state index is 8.60. The predicted molar refractivity (Wildman–Crippen MR) is 141 cm³/mol. The maximum absolute atomic E-state index is 8.60. The van der Waals surface area contributed by atoms with Crippen LogP contribution in [-0.2, 0) is 23.7 Å². The summed E-state index contributed by atoms with van der Waals surface area (Å²) in [6.07, 6.45) is 19.0. The van der Waals surface area contributed by atoms with Crippen molar-refractivity contribution in [3.63, 3.8) is 0 Å². The van der Waals surface area contributed by atoms with Gasteiger partial charge in [-0.2, -0.15) is 0 Å². The smallest absolute Gasteiger partial charge is 0.0701 e. The van der Waals surface area contributed by atoms with Crippen molar-refractivity contribution in [2.75, 3.05) is 72.7 Å². The normalized spacial score (nSPS) is 12.4. The largest absolute Gasteiger partial charge is 0.394 e. The third-order valence-electron chi connectivity index (χ3n) is 6.01. The number of hydrogen-bond donors (Lipinski definition) is 1. The van der Waals surface area contributed by atoms with E-state index >= 15 is 0 Å². The molecule has 0 heterocycles. The van der Waals surface area contributed by atoms with Gasteiger partial charge in [0.2, 0.25) is 0 Å². The second kappa shape index (κ2) is 30.8. The first kappa shape index (κ1) is 33.8. The molecule has 0 spiro atoms. The molecule has 6 nitrogen and oxygen atoms in total. The van der Waals surface area contributed by atoms with E-state index in [2.05, 4.69) is 13.8 Å². The Morgan fingerprint density at radius 1 is 0.441 bits per heavy atom. The van der Waals surface area contributed by atoms with Crippen LogP contribution in [0.2, 0.25) is 0 Å². The molecule has 6 heteroatoms. The minimum absolute atomic E-state index is 0.0487. The molecule has 206 valence electrons. The van der Waals surface area contributed by atoms with E-state index in [0.717, 1.165) is 6.61 Å². The molecular formula is C28H58O6. The van der Waals surface area contributed by atoms with Crippen molar-refractivity contribution in [1.82, 2.24) is 0 Å². The molecule has 0 aliphatic carbocycles. The van der Waals surface area contributed by atoms with Crippen LogP contribution in [0.5, 0.6) is 0 Å². The van der Waals surface area contributed by atoms with Crippen LogP contribution in [0.15, 0.2) is 0 Å². The van der Waals surface area contributed by atoms with Crippen LogP contribution in [0.1, 0.15) is 104 Å². The summed E-state index contributed by atoms with van der Waals surface area (Å²) in [7, 11) is 0. The van der Waals surface area contributed by atoms with Crippen molar-refractivity contribution in [3.8, 4) is 0 Å². The number of aliphatic hydroxyl groups excluding tert-OH is 1. The lowest BCUT2D eigenvalue weighted by Crippen LogP contribution is -2.15. The maximum Gasteiger partial charge on any atom is 0.0701 e. The first-order valence-electron chi connectivity index (χ1n) is 14.3. The molecule has 34 heavy (non-hydrogen) atoms. The van der Waals surface area contributed by atoms with E-state index in [0.29, 0.717) is 65.4 Å².